The smallest absolute Gasteiger partial charge is 0.0465 e. The summed E-state index contributed by atoms with van der Waals surface area (Å²) in [6, 6.07) is 6.63. The van der Waals surface area contributed by atoms with Crippen LogP contribution >= 0.6 is 15.9 Å². The summed E-state index contributed by atoms with van der Waals surface area (Å²) >= 11 is 3.53. The number of aryl methyl sites for hydroxylation is 1. The van der Waals surface area contributed by atoms with E-state index in [-0.39, 0.29) is 6.04 Å². The van der Waals surface area contributed by atoms with E-state index in [1.165, 1.54) is 24.0 Å². The zero-order valence-corrected chi connectivity index (χ0v) is 12.5. The Kier molecular flexibility index (Phi) is 6.17. The van der Waals surface area contributed by atoms with Gasteiger partial charge in [0.15, 0.2) is 0 Å². The first-order valence-corrected chi connectivity index (χ1v) is 7.13. The summed E-state index contributed by atoms with van der Waals surface area (Å²) < 4.78 is 1.11. The fourth-order valence-corrected chi connectivity index (χ4v) is 2.61. The molecular weight excluding hydrogens is 276 g/mol. The second kappa shape index (κ2) is 7.14. The summed E-state index contributed by atoms with van der Waals surface area (Å²) in [5.74, 6) is 6.45. The van der Waals surface area contributed by atoms with Gasteiger partial charge in [0.05, 0.1) is 0 Å². The van der Waals surface area contributed by atoms with Crippen molar-refractivity contribution in [3.63, 3.8) is 0 Å². The minimum absolute atomic E-state index is 0.248. The lowest BCUT2D eigenvalue weighted by molar-refractivity contribution is 0.374. The van der Waals surface area contributed by atoms with E-state index in [2.05, 4.69) is 60.3 Å². The molecule has 0 saturated carbocycles. The molecule has 0 spiro atoms. The average Bonchev–Trinajstić information content (AvgIpc) is 2.34. The number of benzene rings is 1. The minimum Gasteiger partial charge on any atom is -0.271 e. The van der Waals surface area contributed by atoms with Crippen LogP contribution in [0.1, 0.15) is 50.3 Å². The first kappa shape index (κ1) is 14.7. The van der Waals surface area contributed by atoms with Gasteiger partial charge in [0.2, 0.25) is 0 Å². The van der Waals surface area contributed by atoms with Gasteiger partial charge >= 0.3 is 0 Å². The molecule has 1 atom stereocenters. The number of hydrazine groups is 1. The molecule has 0 aliphatic heterocycles. The van der Waals surface area contributed by atoms with Gasteiger partial charge < -0.3 is 0 Å². The molecule has 3 N–H and O–H groups in total. The van der Waals surface area contributed by atoms with E-state index in [1.807, 2.05) is 0 Å². The Hall–Kier alpha value is -0.380. The Bertz CT molecular complexity index is 348. The minimum atomic E-state index is 0.248. The summed E-state index contributed by atoms with van der Waals surface area (Å²) in [4.78, 5) is 0. The molecule has 17 heavy (non-hydrogen) atoms. The standard InChI is InChI=1S/C14H23BrN2/c1-4-11(5-2)8-14(17-16)13-9-12(15)7-6-10(13)3/h6-7,9,11,14,17H,4-5,8,16H2,1-3H3. The van der Waals surface area contributed by atoms with Crippen molar-refractivity contribution in [3.8, 4) is 0 Å². The third-order valence-electron chi connectivity index (χ3n) is 3.54. The summed E-state index contributed by atoms with van der Waals surface area (Å²) in [7, 11) is 0. The molecule has 0 fully saturated rings. The van der Waals surface area contributed by atoms with Gasteiger partial charge in [-0.25, -0.2) is 0 Å². The molecule has 3 heteroatoms. The fraction of sp³-hybridized carbons (Fsp3) is 0.571. The van der Waals surface area contributed by atoms with Crippen LogP contribution in [-0.4, -0.2) is 0 Å². The predicted octanol–water partition coefficient (Wildman–Crippen LogP) is 4.09. The Labute approximate surface area is 113 Å². The van der Waals surface area contributed by atoms with Gasteiger partial charge in [0, 0.05) is 10.5 Å². The lowest BCUT2D eigenvalue weighted by Crippen LogP contribution is -2.30. The van der Waals surface area contributed by atoms with Gasteiger partial charge in [-0.2, -0.15) is 0 Å². The number of nitrogens with one attached hydrogen (secondary N) is 1. The van der Waals surface area contributed by atoms with Crippen LogP contribution < -0.4 is 11.3 Å². The van der Waals surface area contributed by atoms with E-state index in [0.717, 1.165) is 16.8 Å². The monoisotopic (exact) mass is 298 g/mol. The predicted molar refractivity (Wildman–Crippen MR) is 77.6 cm³/mol. The zero-order chi connectivity index (χ0) is 12.8. The van der Waals surface area contributed by atoms with E-state index in [1.54, 1.807) is 0 Å². The van der Waals surface area contributed by atoms with Crippen molar-refractivity contribution in [2.45, 2.75) is 46.1 Å². The average molecular weight is 299 g/mol. The molecule has 0 bridgehead atoms. The van der Waals surface area contributed by atoms with Crippen molar-refractivity contribution in [3.05, 3.63) is 33.8 Å². The number of halogens is 1. The topological polar surface area (TPSA) is 38.0 Å². The van der Waals surface area contributed by atoms with Crippen molar-refractivity contribution in [1.29, 1.82) is 0 Å². The summed E-state index contributed by atoms with van der Waals surface area (Å²) in [6.07, 6.45) is 3.52. The Morgan fingerprint density at radius 1 is 1.29 bits per heavy atom. The van der Waals surface area contributed by atoms with Gasteiger partial charge in [-0.05, 0) is 42.5 Å². The lowest BCUT2D eigenvalue weighted by atomic mass is 9.90. The van der Waals surface area contributed by atoms with E-state index < -0.39 is 0 Å². The first-order chi connectivity index (χ1) is 8.12. The van der Waals surface area contributed by atoms with Crippen molar-refractivity contribution in [2.24, 2.45) is 11.8 Å². The number of hydrogen-bond acceptors (Lipinski definition) is 2. The molecule has 1 unspecified atom stereocenters. The molecule has 0 aromatic heterocycles. The van der Waals surface area contributed by atoms with Crippen molar-refractivity contribution in [2.75, 3.05) is 0 Å². The van der Waals surface area contributed by atoms with Crippen LogP contribution in [0.4, 0.5) is 0 Å². The van der Waals surface area contributed by atoms with Gasteiger partial charge in [0.25, 0.3) is 0 Å². The van der Waals surface area contributed by atoms with Gasteiger partial charge in [-0.1, -0.05) is 48.7 Å². The number of nitrogens with two attached hydrogens (primary N) is 1. The number of rotatable bonds is 6. The molecule has 0 aliphatic carbocycles. The van der Waals surface area contributed by atoms with Gasteiger partial charge in [0.1, 0.15) is 0 Å². The molecule has 0 saturated heterocycles. The SMILES string of the molecule is CCC(CC)CC(NN)c1cc(Br)ccc1C. The zero-order valence-electron chi connectivity index (χ0n) is 11.0. The Balaban J connectivity index is 2.89. The molecule has 0 radical (unpaired) electrons. The molecule has 0 aliphatic rings. The highest BCUT2D eigenvalue weighted by atomic mass is 79.9. The quantitative estimate of drug-likeness (QED) is 0.613. The van der Waals surface area contributed by atoms with Crippen molar-refractivity contribution in [1.82, 2.24) is 5.43 Å². The Morgan fingerprint density at radius 3 is 2.47 bits per heavy atom. The highest BCUT2D eigenvalue weighted by Crippen LogP contribution is 2.28. The highest BCUT2D eigenvalue weighted by molar-refractivity contribution is 9.10. The van der Waals surface area contributed by atoms with Crippen LogP contribution in [0.2, 0.25) is 0 Å². The molecule has 96 valence electrons. The first-order valence-electron chi connectivity index (χ1n) is 6.34. The third-order valence-corrected chi connectivity index (χ3v) is 4.03. The fourth-order valence-electron chi connectivity index (χ4n) is 2.23. The van der Waals surface area contributed by atoms with Crippen LogP contribution in [0, 0.1) is 12.8 Å². The lowest BCUT2D eigenvalue weighted by Gasteiger charge is -2.23. The maximum Gasteiger partial charge on any atom is 0.0465 e. The highest BCUT2D eigenvalue weighted by Gasteiger charge is 2.16. The van der Waals surface area contributed by atoms with Gasteiger partial charge in [-0.3, -0.25) is 11.3 Å². The van der Waals surface area contributed by atoms with Crippen LogP contribution in [-0.2, 0) is 0 Å². The summed E-state index contributed by atoms with van der Waals surface area (Å²) in [5.41, 5.74) is 5.56. The van der Waals surface area contributed by atoms with Gasteiger partial charge in [-0.15, -0.1) is 0 Å². The maximum atomic E-state index is 5.72. The van der Waals surface area contributed by atoms with Crippen LogP contribution in [0.15, 0.2) is 22.7 Å². The van der Waals surface area contributed by atoms with E-state index in [4.69, 9.17) is 5.84 Å². The second-order valence-corrected chi connectivity index (χ2v) is 5.55. The summed E-state index contributed by atoms with van der Waals surface area (Å²) in [5, 5.41) is 0. The Morgan fingerprint density at radius 2 is 1.94 bits per heavy atom. The molecule has 0 amide bonds. The van der Waals surface area contributed by atoms with Crippen LogP contribution in [0.5, 0.6) is 0 Å². The normalized spacial score (nSPS) is 13.1. The van der Waals surface area contributed by atoms with Crippen LogP contribution in [0.3, 0.4) is 0 Å². The third kappa shape index (κ3) is 4.09. The van der Waals surface area contributed by atoms with Crippen LogP contribution in [0.25, 0.3) is 0 Å². The number of hydrogen-bond donors (Lipinski definition) is 2. The van der Waals surface area contributed by atoms with Crippen molar-refractivity contribution < 1.29 is 0 Å². The molecule has 2 nitrogen and oxygen atoms in total. The molecule has 1 rings (SSSR count). The van der Waals surface area contributed by atoms with E-state index >= 15 is 0 Å². The molecular formula is C14H23BrN2. The second-order valence-electron chi connectivity index (χ2n) is 4.64. The van der Waals surface area contributed by atoms with E-state index in [0.29, 0.717) is 0 Å². The maximum absolute atomic E-state index is 5.72. The summed E-state index contributed by atoms with van der Waals surface area (Å²) in [6.45, 7) is 6.63. The van der Waals surface area contributed by atoms with E-state index in [9.17, 15) is 0 Å². The molecule has 1 aromatic carbocycles. The molecule has 0 heterocycles. The molecule has 1 aromatic rings. The largest absolute Gasteiger partial charge is 0.271 e. The van der Waals surface area contributed by atoms with Crippen molar-refractivity contribution >= 4 is 15.9 Å².